The minimum absolute atomic E-state index is 0.239. The Morgan fingerprint density at radius 2 is 1.72 bits per heavy atom. The molecule has 1 N–H and O–H groups in total. The van der Waals surface area contributed by atoms with E-state index in [0.29, 0.717) is 16.4 Å². The van der Waals surface area contributed by atoms with Crippen LogP contribution in [0.25, 0.3) is 5.69 Å². The summed E-state index contributed by atoms with van der Waals surface area (Å²) in [6, 6.07) is 14.5. The second-order valence-electron chi connectivity index (χ2n) is 6.93. The third-order valence-corrected chi connectivity index (χ3v) is 5.21. The van der Waals surface area contributed by atoms with Gasteiger partial charge in [-0.15, -0.1) is 0 Å². The number of hydrogen-bond acceptors (Lipinski definition) is 5. The fraction of sp³-hybridized carbons (Fsp3) is 0.300. The van der Waals surface area contributed by atoms with Crippen molar-refractivity contribution in [3.05, 3.63) is 64.0 Å². The summed E-state index contributed by atoms with van der Waals surface area (Å²) >= 11 is 6.10. The predicted molar refractivity (Wildman–Crippen MR) is 112 cm³/mol. The van der Waals surface area contributed by atoms with E-state index in [1.165, 1.54) is 19.3 Å². The topological polar surface area (TPSA) is 85.0 Å². The molecule has 3 aromatic rings. The van der Waals surface area contributed by atoms with Crippen LogP contribution >= 0.6 is 11.6 Å². The van der Waals surface area contributed by atoms with Gasteiger partial charge in [-0.05, 0) is 66.1 Å². The number of halogens is 1. The van der Waals surface area contributed by atoms with Crippen molar-refractivity contribution in [1.82, 2.24) is 19.8 Å². The Labute approximate surface area is 172 Å². The maximum atomic E-state index is 12.5. The second kappa shape index (κ2) is 8.48. The molecule has 1 aliphatic rings. The first-order chi connectivity index (χ1) is 14.1. The highest BCUT2D eigenvalue weighted by atomic mass is 35.5. The van der Waals surface area contributed by atoms with Gasteiger partial charge in [0.2, 0.25) is 5.91 Å². The molecule has 0 spiro atoms. The smallest absolute Gasteiger partial charge is 0.369 e. The molecular formula is C20H21ClN6O2. The van der Waals surface area contributed by atoms with Crippen LogP contribution in [-0.2, 0) is 11.3 Å². The summed E-state index contributed by atoms with van der Waals surface area (Å²) in [4.78, 5) is 27.2. The van der Waals surface area contributed by atoms with Gasteiger partial charge in [-0.3, -0.25) is 4.79 Å². The van der Waals surface area contributed by atoms with Gasteiger partial charge < -0.3 is 10.2 Å². The number of para-hydroxylation sites is 1. The van der Waals surface area contributed by atoms with Gasteiger partial charge in [0.15, 0.2) is 0 Å². The highest BCUT2D eigenvalue weighted by molar-refractivity contribution is 6.32. The Balaban J connectivity index is 1.41. The van der Waals surface area contributed by atoms with Crippen molar-refractivity contribution in [3.63, 3.8) is 0 Å². The standard InChI is InChI=1S/C20H21ClN6O2/c21-17-6-2-3-7-18(17)27-20(29)26(23-24-27)14-19(28)22-15-8-10-16(11-9-15)25-12-4-1-5-13-25/h2-3,6-11H,1,4-5,12-14H2,(H,22,28). The molecule has 0 aliphatic carbocycles. The van der Waals surface area contributed by atoms with Crippen LogP contribution in [-0.4, -0.2) is 38.8 Å². The third kappa shape index (κ3) is 4.32. The number of tetrazole rings is 1. The molecule has 9 heteroatoms. The van der Waals surface area contributed by atoms with Gasteiger partial charge in [0.25, 0.3) is 0 Å². The molecule has 1 saturated heterocycles. The van der Waals surface area contributed by atoms with Gasteiger partial charge in [0.1, 0.15) is 6.54 Å². The molecule has 0 atom stereocenters. The van der Waals surface area contributed by atoms with Gasteiger partial charge in [0, 0.05) is 24.5 Å². The molecule has 8 nitrogen and oxygen atoms in total. The Morgan fingerprint density at radius 3 is 2.45 bits per heavy atom. The number of carbonyl (C=O) groups excluding carboxylic acids is 1. The molecule has 1 aliphatic heterocycles. The number of amides is 1. The van der Waals surface area contributed by atoms with Gasteiger partial charge in [-0.25, -0.2) is 4.79 Å². The average Bonchev–Trinajstić information content (AvgIpc) is 3.09. The maximum absolute atomic E-state index is 12.5. The van der Waals surface area contributed by atoms with E-state index in [2.05, 4.69) is 20.6 Å². The summed E-state index contributed by atoms with van der Waals surface area (Å²) in [5.41, 5.74) is 1.71. The molecule has 0 saturated carbocycles. The lowest BCUT2D eigenvalue weighted by atomic mass is 10.1. The zero-order chi connectivity index (χ0) is 20.2. The first-order valence-electron chi connectivity index (χ1n) is 9.54. The molecule has 1 aromatic heterocycles. The Morgan fingerprint density at radius 1 is 1.00 bits per heavy atom. The fourth-order valence-corrected chi connectivity index (χ4v) is 3.61. The van der Waals surface area contributed by atoms with Crippen molar-refractivity contribution in [1.29, 1.82) is 0 Å². The highest BCUT2D eigenvalue weighted by Gasteiger charge is 2.15. The molecule has 4 rings (SSSR count). The minimum Gasteiger partial charge on any atom is -0.372 e. The van der Waals surface area contributed by atoms with E-state index in [4.69, 9.17) is 11.6 Å². The normalized spacial score (nSPS) is 14.0. The number of aromatic nitrogens is 4. The van der Waals surface area contributed by atoms with Crippen LogP contribution < -0.4 is 15.9 Å². The Kier molecular flexibility index (Phi) is 5.62. The largest absolute Gasteiger partial charge is 0.372 e. The Hall–Kier alpha value is -3.13. The van der Waals surface area contributed by atoms with Gasteiger partial charge in [-0.2, -0.15) is 9.36 Å². The van der Waals surface area contributed by atoms with E-state index >= 15 is 0 Å². The number of hydrogen-bond donors (Lipinski definition) is 1. The van der Waals surface area contributed by atoms with Gasteiger partial charge in [0.05, 0.1) is 10.7 Å². The minimum atomic E-state index is -0.534. The summed E-state index contributed by atoms with van der Waals surface area (Å²) in [5.74, 6) is -0.357. The average molecular weight is 413 g/mol. The molecule has 0 unspecified atom stereocenters. The Bertz CT molecular complexity index is 1050. The molecule has 2 heterocycles. The van der Waals surface area contributed by atoms with Crippen LogP contribution in [0.3, 0.4) is 0 Å². The molecule has 150 valence electrons. The molecule has 1 fully saturated rings. The SMILES string of the molecule is O=C(Cn1nnn(-c2ccccc2Cl)c1=O)Nc1ccc(N2CCCCC2)cc1. The maximum Gasteiger partial charge on any atom is 0.369 e. The van der Waals surface area contributed by atoms with E-state index in [1.807, 2.05) is 24.3 Å². The van der Waals surface area contributed by atoms with Crippen molar-refractivity contribution in [2.75, 3.05) is 23.3 Å². The lowest BCUT2D eigenvalue weighted by Gasteiger charge is -2.28. The van der Waals surface area contributed by atoms with E-state index in [1.54, 1.807) is 24.3 Å². The van der Waals surface area contributed by atoms with Crippen LogP contribution in [0.2, 0.25) is 5.02 Å². The number of anilines is 2. The number of rotatable bonds is 5. The quantitative estimate of drug-likeness (QED) is 0.696. The number of benzene rings is 2. The lowest BCUT2D eigenvalue weighted by molar-refractivity contribution is -0.117. The van der Waals surface area contributed by atoms with Crippen molar-refractivity contribution in [3.8, 4) is 5.69 Å². The highest BCUT2D eigenvalue weighted by Crippen LogP contribution is 2.22. The zero-order valence-electron chi connectivity index (χ0n) is 15.8. The van der Waals surface area contributed by atoms with Gasteiger partial charge in [-0.1, -0.05) is 23.7 Å². The second-order valence-corrected chi connectivity index (χ2v) is 7.33. The van der Waals surface area contributed by atoms with Gasteiger partial charge >= 0.3 is 5.69 Å². The van der Waals surface area contributed by atoms with Crippen LogP contribution in [0.5, 0.6) is 0 Å². The first kappa shape index (κ1) is 19.2. The van der Waals surface area contributed by atoms with Crippen molar-refractivity contribution >= 4 is 28.9 Å². The summed E-state index contributed by atoms with van der Waals surface area (Å²) in [5, 5.41) is 10.8. The number of nitrogens with zero attached hydrogens (tertiary/aromatic N) is 5. The number of nitrogens with one attached hydrogen (secondary N) is 1. The van der Waals surface area contributed by atoms with Crippen LogP contribution in [0.15, 0.2) is 53.3 Å². The molecule has 0 radical (unpaired) electrons. The molecular weight excluding hydrogens is 392 g/mol. The van der Waals surface area contributed by atoms with Crippen molar-refractivity contribution in [2.24, 2.45) is 0 Å². The monoisotopic (exact) mass is 412 g/mol. The van der Waals surface area contributed by atoms with E-state index in [0.717, 1.165) is 28.1 Å². The number of piperidine rings is 1. The molecule has 29 heavy (non-hydrogen) atoms. The zero-order valence-corrected chi connectivity index (χ0v) is 16.5. The summed E-state index contributed by atoms with van der Waals surface area (Å²) in [6.45, 7) is 1.89. The van der Waals surface area contributed by atoms with Crippen molar-refractivity contribution in [2.45, 2.75) is 25.8 Å². The van der Waals surface area contributed by atoms with E-state index < -0.39 is 5.69 Å². The number of carbonyl (C=O) groups is 1. The van der Waals surface area contributed by atoms with E-state index in [9.17, 15) is 9.59 Å². The van der Waals surface area contributed by atoms with E-state index in [-0.39, 0.29) is 12.5 Å². The lowest BCUT2D eigenvalue weighted by Crippen LogP contribution is -2.30. The van der Waals surface area contributed by atoms with Crippen LogP contribution in [0.4, 0.5) is 11.4 Å². The fourth-order valence-electron chi connectivity index (χ4n) is 3.39. The van der Waals surface area contributed by atoms with Crippen LogP contribution in [0, 0.1) is 0 Å². The summed E-state index contributed by atoms with van der Waals surface area (Å²) < 4.78 is 2.07. The summed E-state index contributed by atoms with van der Waals surface area (Å²) in [7, 11) is 0. The molecule has 0 bridgehead atoms. The van der Waals surface area contributed by atoms with Crippen molar-refractivity contribution < 1.29 is 4.79 Å². The first-order valence-corrected chi connectivity index (χ1v) is 9.92. The molecule has 2 aromatic carbocycles. The van der Waals surface area contributed by atoms with Crippen LogP contribution in [0.1, 0.15) is 19.3 Å². The predicted octanol–water partition coefficient (Wildman–Crippen LogP) is 2.71. The third-order valence-electron chi connectivity index (χ3n) is 4.89. The molecule has 1 amide bonds. The summed E-state index contributed by atoms with van der Waals surface area (Å²) in [6.07, 6.45) is 3.70.